The van der Waals surface area contributed by atoms with Gasteiger partial charge in [0.15, 0.2) is 0 Å². The average molecular weight is 260 g/mol. The van der Waals surface area contributed by atoms with Crippen LogP contribution in [0.2, 0.25) is 0 Å². The molecule has 0 aromatic heterocycles. The summed E-state index contributed by atoms with van der Waals surface area (Å²) in [4.78, 5) is 2.67. The summed E-state index contributed by atoms with van der Waals surface area (Å²) in [6.45, 7) is 7.99. The monoisotopic (exact) mass is 260 g/mol. The van der Waals surface area contributed by atoms with Gasteiger partial charge in [-0.25, -0.2) is 0 Å². The van der Waals surface area contributed by atoms with E-state index in [2.05, 4.69) is 49.1 Å². The van der Waals surface area contributed by atoms with Gasteiger partial charge in [-0.1, -0.05) is 30.3 Å². The second-order valence-electron chi connectivity index (χ2n) is 6.48. The van der Waals surface area contributed by atoms with Crippen LogP contribution in [0.1, 0.15) is 38.7 Å². The van der Waals surface area contributed by atoms with E-state index in [4.69, 9.17) is 5.73 Å². The maximum Gasteiger partial charge on any atom is 0.0153 e. The van der Waals surface area contributed by atoms with Gasteiger partial charge in [0.05, 0.1) is 0 Å². The fourth-order valence-corrected chi connectivity index (χ4v) is 3.14. The third kappa shape index (κ3) is 4.05. The number of nitrogens with zero attached hydrogens (tertiary/aromatic N) is 1. The van der Waals surface area contributed by atoms with E-state index in [1.54, 1.807) is 0 Å². The number of piperidine rings is 1. The lowest BCUT2D eigenvalue weighted by molar-refractivity contribution is 0.0445. The molecule has 1 fully saturated rings. The molecule has 2 heteroatoms. The molecule has 106 valence electrons. The lowest BCUT2D eigenvalue weighted by Gasteiger charge is -2.46. The molecule has 1 saturated heterocycles. The molecule has 1 aliphatic heterocycles. The minimum Gasteiger partial charge on any atom is -0.330 e. The maximum absolute atomic E-state index is 5.72. The van der Waals surface area contributed by atoms with Gasteiger partial charge in [-0.3, -0.25) is 4.90 Å². The zero-order chi connectivity index (χ0) is 13.7. The molecule has 0 saturated carbocycles. The second kappa shape index (κ2) is 6.53. The van der Waals surface area contributed by atoms with Gasteiger partial charge in [0.2, 0.25) is 0 Å². The van der Waals surface area contributed by atoms with Crippen LogP contribution in [0.25, 0.3) is 0 Å². The smallest absolute Gasteiger partial charge is 0.0153 e. The summed E-state index contributed by atoms with van der Waals surface area (Å²) >= 11 is 0. The first kappa shape index (κ1) is 14.5. The molecule has 2 rings (SSSR count). The molecule has 1 aliphatic rings. The van der Waals surface area contributed by atoms with Crippen LogP contribution in [0.15, 0.2) is 30.3 Å². The van der Waals surface area contributed by atoms with Crippen molar-refractivity contribution in [3.63, 3.8) is 0 Å². The van der Waals surface area contributed by atoms with Crippen molar-refractivity contribution in [1.29, 1.82) is 0 Å². The number of rotatable bonds is 5. The van der Waals surface area contributed by atoms with E-state index >= 15 is 0 Å². The highest BCUT2D eigenvalue weighted by Gasteiger charge is 2.33. The molecule has 19 heavy (non-hydrogen) atoms. The van der Waals surface area contributed by atoms with Crippen LogP contribution < -0.4 is 5.73 Å². The van der Waals surface area contributed by atoms with Gasteiger partial charge in [-0.05, 0) is 57.6 Å². The van der Waals surface area contributed by atoms with E-state index in [9.17, 15) is 0 Å². The Morgan fingerprint density at radius 3 is 2.68 bits per heavy atom. The van der Waals surface area contributed by atoms with Crippen molar-refractivity contribution >= 4 is 0 Å². The quantitative estimate of drug-likeness (QED) is 0.881. The van der Waals surface area contributed by atoms with Crippen molar-refractivity contribution in [2.24, 2.45) is 11.7 Å². The Hall–Kier alpha value is -0.860. The minimum absolute atomic E-state index is 0.347. The number of hydrogen-bond acceptors (Lipinski definition) is 2. The molecule has 0 amide bonds. The number of hydrogen-bond donors (Lipinski definition) is 1. The van der Waals surface area contributed by atoms with E-state index in [1.807, 2.05) is 0 Å². The Morgan fingerprint density at radius 1 is 1.26 bits per heavy atom. The standard InChI is InChI=1S/C17H28N2/c1-17(2)11-8-16(9-12-18)14-19(17)13-10-15-6-4-3-5-7-15/h3-7,16H,8-14,18H2,1-2H3. The lowest BCUT2D eigenvalue weighted by Crippen LogP contribution is -2.51. The molecule has 2 N–H and O–H groups in total. The highest BCUT2D eigenvalue weighted by atomic mass is 15.2. The first-order chi connectivity index (χ1) is 9.12. The van der Waals surface area contributed by atoms with Crippen LogP contribution in [-0.4, -0.2) is 30.1 Å². The molecular weight excluding hydrogens is 232 g/mol. The van der Waals surface area contributed by atoms with Crippen molar-refractivity contribution in [1.82, 2.24) is 4.90 Å². The van der Waals surface area contributed by atoms with E-state index in [0.717, 1.165) is 25.4 Å². The van der Waals surface area contributed by atoms with Crippen LogP contribution in [0.5, 0.6) is 0 Å². The molecule has 0 bridgehead atoms. The Labute approximate surface area is 118 Å². The summed E-state index contributed by atoms with van der Waals surface area (Å²) < 4.78 is 0. The minimum atomic E-state index is 0.347. The average Bonchev–Trinajstić information content (AvgIpc) is 2.41. The van der Waals surface area contributed by atoms with Crippen molar-refractivity contribution in [3.05, 3.63) is 35.9 Å². The molecule has 1 unspecified atom stereocenters. The second-order valence-corrected chi connectivity index (χ2v) is 6.48. The number of likely N-dealkylation sites (tertiary alicyclic amines) is 1. The normalized spacial score (nSPS) is 23.4. The van der Waals surface area contributed by atoms with Crippen LogP contribution in [0.4, 0.5) is 0 Å². The van der Waals surface area contributed by atoms with Crippen molar-refractivity contribution in [3.8, 4) is 0 Å². The molecule has 0 aliphatic carbocycles. The van der Waals surface area contributed by atoms with E-state index < -0.39 is 0 Å². The summed E-state index contributed by atoms with van der Waals surface area (Å²) in [5.74, 6) is 0.800. The van der Waals surface area contributed by atoms with Gasteiger partial charge in [0.25, 0.3) is 0 Å². The van der Waals surface area contributed by atoms with E-state index in [-0.39, 0.29) is 0 Å². The summed E-state index contributed by atoms with van der Waals surface area (Å²) in [6, 6.07) is 10.8. The predicted octanol–water partition coefficient (Wildman–Crippen LogP) is 3.07. The van der Waals surface area contributed by atoms with Gasteiger partial charge in [-0.2, -0.15) is 0 Å². The molecule has 0 radical (unpaired) electrons. The molecule has 1 aromatic rings. The SMILES string of the molecule is CC1(C)CCC(CCN)CN1CCc1ccccc1. The third-order valence-electron chi connectivity index (χ3n) is 4.59. The summed E-state index contributed by atoms with van der Waals surface area (Å²) in [7, 11) is 0. The van der Waals surface area contributed by atoms with Gasteiger partial charge in [0, 0.05) is 18.6 Å². The predicted molar refractivity (Wildman–Crippen MR) is 82.2 cm³/mol. The Kier molecular flexibility index (Phi) is 5.00. The van der Waals surface area contributed by atoms with Gasteiger partial charge >= 0.3 is 0 Å². The molecule has 0 spiro atoms. The zero-order valence-corrected chi connectivity index (χ0v) is 12.4. The van der Waals surface area contributed by atoms with Gasteiger partial charge < -0.3 is 5.73 Å². The summed E-state index contributed by atoms with van der Waals surface area (Å²) in [5.41, 5.74) is 7.51. The molecule has 2 nitrogen and oxygen atoms in total. The Bertz CT molecular complexity index is 372. The fraction of sp³-hybridized carbons (Fsp3) is 0.647. The number of benzene rings is 1. The lowest BCUT2D eigenvalue weighted by atomic mass is 9.83. The van der Waals surface area contributed by atoms with Crippen LogP contribution >= 0.6 is 0 Å². The van der Waals surface area contributed by atoms with Crippen LogP contribution in [-0.2, 0) is 6.42 Å². The van der Waals surface area contributed by atoms with Crippen molar-refractivity contribution in [2.75, 3.05) is 19.6 Å². The fourth-order valence-electron chi connectivity index (χ4n) is 3.14. The first-order valence-corrected chi connectivity index (χ1v) is 7.61. The number of nitrogens with two attached hydrogens (primary N) is 1. The maximum atomic E-state index is 5.72. The Balaban J connectivity index is 1.92. The highest BCUT2D eigenvalue weighted by molar-refractivity contribution is 5.15. The van der Waals surface area contributed by atoms with Gasteiger partial charge in [0.1, 0.15) is 0 Å². The summed E-state index contributed by atoms with van der Waals surface area (Å²) in [6.07, 6.45) is 4.97. The third-order valence-corrected chi connectivity index (χ3v) is 4.59. The van der Waals surface area contributed by atoms with E-state index in [1.165, 1.54) is 31.4 Å². The summed E-state index contributed by atoms with van der Waals surface area (Å²) in [5, 5.41) is 0. The molecule has 1 atom stereocenters. The largest absolute Gasteiger partial charge is 0.330 e. The van der Waals surface area contributed by atoms with Crippen molar-refractivity contribution in [2.45, 2.75) is 45.1 Å². The van der Waals surface area contributed by atoms with Crippen LogP contribution in [0.3, 0.4) is 0 Å². The molecule has 1 aromatic carbocycles. The topological polar surface area (TPSA) is 29.3 Å². The molecule has 1 heterocycles. The molecular formula is C17H28N2. The van der Waals surface area contributed by atoms with Crippen molar-refractivity contribution < 1.29 is 0 Å². The van der Waals surface area contributed by atoms with Gasteiger partial charge in [-0.15, -0.1) is 0 Å². The Morgan fingerprint density at radius 2 is 2.00 bits per heavy atom. The highest BCUT2D eigenvalue weighted by Crippen LogP contribution is 2.31. The van der Waals surface area contributed by atoms with Crippen LogP contribution in [0, 0.1) is 5.92 Å². The van der Waals surface area contributed by atoms with E-state index in [0.29, 0.717) is 5.54 Å². The first-order valence-electron chi connectivity index (χ1n) is 7.61. The zero-order valence-electron chi connectivity index (χ0n) is 12.4.